The van der Waals surface area contributed by atoms with E-state index in [1.165, 1.54) is 0 Å². The van der Waals surface area contributed by atoms with Crippen LogP contribution in [0.15, 0.2) is 30.3 Å². The maximum absolute atomic E-state index is 12.1. The van der Waals surface area contributed by atoms with Gasteiger partial charge in [0.25, 0.3) is 0 Å². The molecule has 1 aromatic heterocycles. The lowest BCUT2D eigenvalue weighted by molar-refractivity contribution is -0.118. The van der Waals surface area contributed by atoms with Crippen molar-refractivity contribution in [1.82, 2.24) is 9.78 Å². The highest BCUT2D eigenvalue weighted by Gasteiger charge is 2.09. The highest BCUT2D eigenvalue weighted by molar-refractivity contribution is 5.80. The Labute approximate surface area is 125 Å². The fraction of sp³-hybridized carbons (Fsp3) is 0.412. The fourth-order valence-corrected chi connectivity index (χ4v) is 2.28. The minimum Gasteiger partial charge on any atom is -0.497 e. The average molecular weight is 286 g/mol. The summed E-state index contributed by atoms with van der Waals surface area (Å²) in [6.45, 7) is 2.07. The zero-order valence-corrected chi connectivity index (χ0v) is 12.9. The van der Waals surface area contributed by atoms with Crippen LogP contribution in [0.4, 0.5) is 0 Å². The first kappa shape index (κ1) is 15.3. The van der Waals surface area contributed by atoms with Crippen molar-refractivity contribution in [1.29, 1.82) is 0 Å². The molecule has 1 heterocycles. The zero-order valence-electron chi connectivity index (χ0n) is 12.9. The molecule has 112 valence electrons. The minimum atomic E-state index is 0.247. The lowest BCUT2D eigenvalue weighted by Gasteiger charge is -2.04. The summed E-state index contributed by atoms with van der Waals surface area (Å²) in [6, 6.07) is 9.88. The Morgan fingerprint density at radius 2 is 2.00 bits per heavy atom. The number of hydrogen-bond acceptors (Lipinski definition) is 3. The number of nitrogens with zero attached hydrogens (tertiary/aromatic N) is 2. The molecule has 21 heavy (non-hydrogen) atoms. The van der Waals surface area contributed by atoms with E-state index in [9.17, 15) is 4.79 Å². The molecule has 0 atom stereocenters. The van der Waals surface area contributed by atoms with Gasteiger partial charge in [-0.05, 0) is 36.6 Å². The number of ketones is 1. The highest BCUT2D eigenvalue weighted by atomic mass is 16.5. The van der Waals surface area contributed by atoms with Crippen LogP contribution in [-0.2, 0) is 31.1 Å². The molecule has 0 aliphatic rings. The van der Waals surface area contributed by atoms with E-state index in [1.54, 1.807) is 7.11 Å². The van der Waals surface area contributed by atoms with Crippen LogP contribution in [-0.4, -0.2) is 22.7 Å². The molecule has 4 nitrogen and oxygen atoms in total. The topological polar surface area (TPSA) is 44.1 Å². The Kier molecular flexibility index (Phi) is 5.14. The third kappa shape index (κ3) is 4.18. The third-order valence-corrected chi connectivity index (χ3v) is 3.62. The first-order chi connectivity index (χ1) is 10.1. The molecule has 0 saturated carbocycles. The lowest BCUT2D eigenvalue weighted by atomic mass is 10.0. The lowest BCUT2D eigenvalue weighted by Crippen LogP contribution is -2.08. The van der Waals surface area contributed by atoms with Crippen LogP contribution in [0.1, 0.15) is 30.3 Å². The molecule has 1 aromatic carbocycles. The predicted octanol–water partition coefficient (Wildman–Crippen LogP) is 2.74. The SMILES string of the molecule is CCc1cc(CC(=O)CCc2ccc(OC)cc2)n(C)n1. The number of carbonyl (C=O) groups is 1. The number of carbonyl (C=O) groups excluding carboxylic acids is 1. The molecule has 0 spiro atoms. The van der Waals surface area contributed by atoms with E-state index in [2.05, 4.69) is 12.0 Å². The van der Waals surface area contributed by atoms with E-state index >= 15 is 0 Å². The molecule has 0 aliphatic heterocycles. The van der Waals surface area contributed by atoms with Gasteiger partial charge in [-0.25, -0.2) is 0 Å². The van der Waals surface area contributed by atoms with Crippen LogP contribution in [0.2, 0.25) is 0 Å². The molecule has 2 aromatic rings. The van der Waals surface area contributed by atoms with E-state index < -0.39 is 0 Å². The van der Waals surface area contributed by atoms with Gasteiger partial charge in [0, 0.05) is 25.6 Å². The molecule has 4 heteroatoms. The van der Waals surface area contributed by atoms with Gasteiger partial charge in [0.05, 0.1) is 12.8 Å². The molecule has 0 amide bonds. The summed E-state index contributed by atoms with van der Waals surface area (Å²) in [4.78, 5) is 12.1. The van der Waals surface area contributed by atoms with Crippen LogP contribution in [0.5, 0.6) is 5.75 Å². The predicted molar refractivity (Wildman–Crippen MR) is 82.6 cm³/mol. The first-order valence-corrected chi connectivity index (χ1v) is 7.28. The van der Waals surface area contributed by atoms with Crippen molar-refractivity contribution in [3.05, 3.63) is 47.3 Å². The average Bonchev–Trinajstić information content (AvgIpc) is 2.86. The number of aromatic nitrogens is 2. The molecule has 0 aliphatic carbocycles. The normalized spacial score (nSPS) is 10.6. The smallest absolute Gasteiger partial charge is 0.139 e. The Morgan fingerprint density at radius 1 is 1.29 bits per heavy atom. The second-order valence-corrected chi connectivity index (χ2v) is 5.17. The fourth-order valence-electron chi connectivity index (χ4n) is 2.28. The van der Waals surface area contributed by atoms with Gasteiger partial charge < -0.3 is 4.74 Å². The van der Waals surface area contributed by atoms with Gasteiger partial charge in [-0.3, -0.25) is 9.48 Å². The van der Waals surface area contributed by atoms with Crippen molar-refractivity contribution in [3.8, 4) is 5.75 Å². The van der Waals surface area contributed by atoms with Crippen LogP contribution < -0.4 is 4.74 Å². The van der Waals surface area contributed by atoms with Gasteiger partial charge in [-0.1, -0.05) is 19.1 Å². The number of hydrogen-bond donors (Lipinski definition) is 0. The standard InChI is InChI=1S/C17H22N2O2/c1-4-14-11-15(19(2)18-14)12-16(20)8-5-13-6-9-17(21-3)10-7-13/h6-7,9-11H,4-5,8,12H2,1-3H3. The second-order valence-electron chi connectivity index (χ2n) is 5.17. The Bertz CT molecular complexity index is 600. The minimum absolute atomic E-state index is 0.247. The summed E-state index contributed by atoms with van der Waals surface area (Å²) >= 11 is 0. The van der Waals surface area contributed by atoms with Gasteiger partial charge in [0.1, 0.15) is 11.5 Å². The maximum Gasteiger partial charge on any atom is 0.139 e. The largest absolute Gasteiger partial charge is 0.497 e. The first-order valence-electron chi connectivity index (χ1n) is 7.28. The Hall–Kier alpha value is -2.10. The van der Waals surface area contributed by atoms with Crippen molar-refractivity contribution in [3.63, 3.8) is 0 Å². The molecule has 2 rings (SSSR count). The monoisotopic (exact) mass is 286 g/mol. The van der Waals surface area contributed by atoms with Crippen LogP contribution in [0.3, 0.4) is 0 Å². The molecule has 0 N–H and O–H groups in total. The summed E-state index contributed by atoms with van der Waals surface area (Å²) in [5.74, 6) is 1.09. The van der Waals surface area contributed by atoms with Crippen molar-refractivity contribution < 1.29 is 9.53 Å². The number of rotatable bonds is 7. The third-order valence-electron chi connectivity index (χ3n) is 3.62. The van der Waals surface area contributed by atoms with E-state index in [4.69, 9.17) is 4.74 Å². The van der Waals surface area contributed by atoms with Crippen molar-refractivity contribution in [2.45, 2.75) is 32.6 Å². The Morgan fingerprint density at radius 3 is 2.57 bits per heavy atom. The van der Waals surface area contributed by atoms with E-state index in [1.807, 2.05) is 42.1 Å². The Balaban J connectivity index is 1.87. The van der Waals surface area contributed by atoms with E-state index in [0.29, 0.717) is 12.8 Å². The van der Waals surface area contributed by atoms with Gasteiger partial charge in [0.15, 0.2) is 0 Å². The van der Waals surface area contributed by atoms with Crippen molar-refractivity contribution >= 4 is 5.78 Å². The van der Waals surface area contributed by atoms with Gasteiger partial charge >= 0.3 is 0 Å². The summed E-state index contributed by atoms with van der Waals surface area (Å²) in [5.41, 5.74) is 3.19. The molecule has 0 bridgehead atoms. The summed E-state index contributed by atoms with van der Waals surface area (Å²) in [5, 5.41) is 4.37. The molecule has 0 radical (unpaired) electrons. The van der Waals surface area contributed by atoms with Crippen molar-refractivity contribution in [2.75, 3.05) is 7.11 Å². The van der Waals surface area contributed by atoms with E-state index in [0.717, 1.165) is 35.5 Å². The number of aryl methyl sites for hydroxylation is 3. The highest BCUT2D eigenvalue weighted by Crippen LogP contribution is 2.13. The molecular formula is C17H22N2O2. The molecule has 0 unspecified atom stereocenters. The summed E-state index contributed by atoms with van der Waals surface area (Å²) in [6.07, 6.45) is 2.67. The number of benzene rings is 1. The van der Waals surface area contributed by atoms with Gasteiger partial charge in [-0.2, -0.15) is 5.10 Å². The molecule has 0 fully saturated rings. The van der Waals surface area contributed by atoms with Gasteiger partial charge in [-0.15, -0.1) is 0 Å². The number of ether oxygens (including phenoxy) is 1. The number of methoxy groups -OCH3 is 1. The van der Waals surface area contributed by atoms with Gasteiger partial charge in [0.2, 0.25) is 0 Å². The molecular weight excluding hydrogens is 264 g/mol. The van der Waals surface area contributed by atoms with Crippen LogP contribution >= 0.6 is 0 Å². The maximum atomic E-state index is 12.1. The second kappa shape index (κ2) is 7.07. The number of Topliss-reactive ketones (excluding diaryl/α,β-unsaturated/α-hetero) is 1. The quantitative estimate of drug-likeness (QED) is 0.786. The van der Waals surface area contributed by atoms with Crippen LogP contribution in [0.25, 0.3) is 0 Å². The summed E-state index contributed by atoms with van der Waals surface area (Å²) in [7, 11) is 3.54. The zero-order chi connectivity index (χ0) is 15.2. The van der Waals surface area contributed by atoms with E-state index in [-0.39, 0.29) is 5.78 Å². The summed E-state index contributed by atoms with van der Waals surface area (Å²) < 4.78 is 6.93. The van der Waals surface area contributed by atoms with Crippen LogP contribution in [0, 0.1) is 0 Å². The molecule has 0 saturated heterocycles. The van der Waals surface area contributed by atoms with Crippen molar-refractivity contribution in [2.24, 2.45) is 7.05 Å².